The Kier molecular flexibility index (Phi) is 6.03. The van der Waals surface area contributed by atoms with Crippen LogP contribution in [-0.2, 0) is 21.3 Å². The van der Waals surface area contributed by atoms with Crippen LogP contribution in [0.5, 0.6) is 5.75 Å². The highest BCUT2D eigenvalue weighted by Crippen LogP contribution is 2.37. The molecule has 158 valence electrons. The first-order valence-electron chi connectivity index (χ1n) is 9.52. The topological polar surface area (TPSA) is 118 Å². The van der Waals surface area contributed by atoms with E-state index >= 15 is 0 Å². The molecule has 0 amide bonds. The molecular weight excluding hydrogens is 394 g/mol. The third-order valence-corrected chi connectivity index (χ3v) is 6.75. The maximum Gasteiger partial charge on any atom is 0.268 e. The molecule has 0 spiro atoms. The molecule has 0 bridgehead atoms. The molecule has 1 aliphatic rings. The second kappa shape index (κ2) is 8.04. The molecule has 0 aromatic heterocycles. The van der Waals surface area contributed by atoms with Crippen molar-refractivity contribution in [2.45, 2.75) is 37.0 Å². The Morgan fingerprint density at radius 1 is 1.07 bits per heavy atom. The fraction of sp³-hybridized carbons (Fsp3) is 0.429. The zero-order valence-electron chi connectivity index (χ0n) is 16.3. The summed E-state index contributed by atoms with van der Waals surface area (Å²) in [6, 6.07) is 14.3. The minimum atomic E-state index is -4.48. The molecule has 1 saturated heterocycles. The van der Waals surface area contributed by atoms with E-state index in [1.807, 2.05) is 35.2 Å². The van der Waals surface area contributed by atoms with Crippen LogP contribution in [0.3, 0.4) is 0 Å². The van der Waals surface area contributed by atoms with Crippen LogP contribution < -0.4 is 0 Å². The van der Waals surface area contributed by atoms with Gasteiger partial charge in [-0.15, -0.1) is 0 Å². The quantitative estimate of drug-likeness (QED) is 0.526. The van der Waals surface area contributed by atoms with Crippen LogP contribution >= 0.6 is 0 Å². The smallest absolute Gasteiger partial charge is 0.268 e. The molecule has 2 atom stereocenters. The van der Waals surface area contributed by atoms with Crippen molar-refractivity contribution in [2.75, 3.05) is 18.8 Å². The number of phenols is 1. The Morgan fingerprint density at radius 2 is 1.62 bits per heavy atom. The lowest BCUT2D eigenvalue weighted by atomic mass is 9.82. The number of hydrogen-bond acceptors (Lipinski definition) is 6. The van der Waals surface area contributed by atoms with Gasteiger partial charge in [0.1, 0.15) is 17.1 Å². The lowest BCUT2D eigenvalue weighted by Gasteiger charge is -2.46. The van der Waals surface area contributed by atoms with Gasteiger partial charge in [0.05, 0.1) is 5.60 Å². The number of nitrogens with zero attached hydrogens (tertiary/aromatic N) is 1. The third-order valence-electron chi connectivity index (χ3n) is 5.94. The SMILES string of the molecule is C[C@H](N1CCC(O)(c2ccccc2)CC1)[C@](O)(CS(=O)(=O)O)c1ccc(O)cc1. The number of hydrogen-bond donors (Lipinski definition) is 4. The summed E-state index contributed by atoms with van der Waals surface area (Å²) < 4.78 is 32.8. The molecule has 29 heavy (non-hydrogen) atoms. The van der Waals surface area contributed by atoms with E-state index < -0.39 is 33.1 Å². The second-order valence-electron chi connectivity index (χ2n) is 7.81. The van der Waals surface area contributed by atoms with Crippen LogP contribution in [0.15, 0.2) is 54.6 Å². The molecule has 1 heterocycles. The normalized spacial score (nSPS) is 20.7. The van der Waals surface area contributed by atoms with Crippen LogP contribution in [0.25, 0.3) is 0 Å². The standard InChI is InChI=1S/C21H27NO6S/c1-16(21(25,15-29(26,27)28)18-7-9-19(23)10-8-18)22-13-11-20(24,12-14-22)17-5-3-2-4-6-17/h2-10,16,23-25H,11-15H2,1H3,(H,26,27,28)/t16-,21+/m0/s1. The van der Waals surface area contributed by atoms with Gasteiger partial charge in [-0.2, -0.15) is 8.42 Å². The average Bonchev–Trinajstić information content (AvgIpc) is 2.68. The van der Waals surface area contributed by atoms with E-state index in [-0.39, 0.29) is 11.3 Å². The van der Waals surface area contributed by atoms with Gasteiger partial charge in [-0.1, -0.05) is 42.5 Å². The van der Waals surface area contributed by atoms with E-state index in [9.17, 15) is 28.3 Å². The fourth-order valence-corrected chi connectivity index (χ4v) is 5.06. The molecule has 2 aromatic carbocycles. The van der Waals surface area contributed by atoms with Crippen LogP contribution in [0.4, 0.5) is 0 Å². The van der Waals surface area contributed by atoms with E-state index in [1.54, 1.807) is 6.92 Å². The number of aromatic hydroxyl groups is 1. The van der Waals surface area contributed by atoms with Gasteiger partial charge < -0.3 is 15.3 Å². The highest BCUT2D eigenvalue weighted by molar-refractivity contribution is 7.85. The molecule has 3 rings (SSSR count). The third kappa shape index (κ3) is 4.79. The molecule has 0 aliphatic carbocycles. The molecule has 0 unspecified atom stereocenters. The highest BCUT2D eigenvalue weighted by atomic mass is 32.2. The van der Waals surface area contributed by atoms with Gasteiger partial charge in [0.15, 0.2) is 0 Å². The molecule has 1 fully saturated rings. The Balaban J connectivity index is 1.84. The summed E-state index contributed by atoms with van der Waals surface area (Å²) in [6.45, 7) is 2.59. The first-order valence-corrected chi connectivity index (χ1v) is 11.1. The molecule has 0 radical (unpaired) electrons. The number of aliphatic hydroxyl groups is 2. The first kappa shape index (κ1) is 21.7. The van der Waals surface area contributed by atoms with Gasteiger partial charge in [-0.3, -0.25) is 9.45 Å². The largest absolute Gasteiger partial charge is 0.508 e. The monoisotopic (exact) mass is 421 g/mol. The Bertz CT molecular complexity index is 923. The lowest BCUT2D eigenvalue weighted by Crippen LogP contribution is -2.56. The number of piperidine rings is 1. The molecule has 7 nitrogen and oxygen atoms in total. The predicted octanol–water partition coefficient (Wildman–Crippen LogP) is 1.84. The molecule has 1 aliphatic heterocycles. The number of rotatable bonds is 6. The van der Waals surface area contributed by atoms with Crippen molar-refractivity contribution in [2.24, 2.45) is 0 Å². The van der Waals surface area contributed by atoms with E-state index in [2.05, 4.69) is 0 Å². The summed E-state index contributed by atoms with van der Waals surface area (Å²) in [5.41, 5.74) is -1.75. The predicted molar refractivity (Wildman–Crippen MR) is 109 cm³/mol. The fourth-order valence-electron chi connectivity index (χ4n) is 4.09. The lowest BCUT2D eigenvalue weighted by molar-refractivity contribution is -0.0779. The minimum Gasteiger partial charge on any atom is -0.508 e. The van der Waals surface area contributed by atoms with E-state index in [0.29, 0.717) is 25.9 Å². The van der Waals surface area contributed by atoms with Gasteiger partial charge in [0.2, 0.25) is 0 Å². The van der Waals surface area contributed by atoms with Crippen LogP contribution in [0.2, 0.25) is 0 Å². The highest BCUT2D eigenvalue weighted by Gasteiger charge is 2.45. The first-order chi connectivity index (χ1) is 13.5. The zero-order chi connectivity index (χ0) is 21.3. The maximum absolute atomic E-state index is 11.7. The minimum absolute atomic E-state index is 0.0125. The summed E-state index contributed by atoms with van der Waals surface area (Å²) in [5, 5.41) is 31.9. The Hall–Kier alpha value is -1.97. The van der Waals surface area contributed by atoms with Crippen molar-refractivity contribution in [3.63, 3.8) is 0 Å². The van der Waals surface area contributed by atoms with Crippen LogP contribution in [-0.4, -0.2) is 58.1 Å². The number of benzene rings is 2. The van der Waals surface area contributed by atoms with Crippen LogP contribution in [0, 0.1) is 0 Å². The molecule has 0 saturated carbocycles. The number of phenolic OH excluding ortho intramolecular Hbond substituents is 1. The van der Waals surface area contributed by atoms with Crippen molar-refractivity contribution in [3.8, 4) is 5.75 Å². The molecule has 8 heteroatoms. The van der Waals surface area contributed by atoms with Gasteiger partial charge in [-0.25, -0.2) is 0 Å². The maximum atomic E-state index is 11.7. The Labute approximate surface area is 171 Å². The van der Waals surface area contributed by atoms with Gasteiger partial charge in [0.25, 0.3) is 10.1 Å². The molecule has 2 aromatic rings. The van der Waals surface area contributed by atoms with Crippen molar-refractivity contribution in [1.29, 1.82) is 0 Å². The van der Waals surface area contributed by atoms with Gasteiger partial charge in [-0.05, 0) is 43.0 Å². The van der Waals surface area contributed by atoms with Crippen molar-refractivity contribution in [3.05, 3.63) is 65.7 Å². The summed E-state index contributed by atoms with van der Waals surface area (Å²) in [6.07, 6.45) is 0.859. The van der Waals surface area contributed by atoms with Gasteiger partial charge >= 0.3 is 0 Å². The molecular formula is C21H27NO6S. The summed E-state index contributed by atoms with van der Waals surface area (Å²) >= 11 is 0. The van der Waals surface area contributed by atoms with E-state index in [4.69, 9.17) is 0 Å². The second-order valence-corrected chi connectivity index (χ2v) is 9.26. The van der Waals surface area contributed by atoms with Crippen molar-refractivity contribution >= 4 is 10.1 Å². The zero-order valence-corrected chi connectivity index (χ0v) is 17.1. The van der Waals surface area contributed by atoms with Crippen molar-refractivity contribution < 1.29 is 28.3 Å². The Morgan fingerprint density at radius 3 is 2.14 bits per heavy atom. The van der Waals surface area contributed by atoms with E-state index in [0.717, 1.165) is 5.56 Å². The summed E-state index contributed by atoms with van der Waals surface area (Å²) in [7, 11) is -4.48. The summed E-state index contributed by atoms with van der Waals surface area (Å²) in [5.74, 6) is -0.882. The van der Waals surface area contributed by atoms with Crippen LogP contribution in [0.1, 0.15) is 30.9 Å². The molecule has 4 N–H and O–H groups in total. The van der Waals surface area contributed by atoms with Crippen molar-refractivity contribution in [1.82, 2.24) is 4.90 Å². The number of likely N-dealkylation sites (tertiary alicyclic amines) is 1. The summed E-state index contributed by atoms with van der Waals surface area (Å²) in [4.78, 5) is 1.91. The van der Waals surface area contributed by atoms with E-state index in [1.165, 1.54) is 24.3 Å². The van der Waals surface area contributed by atoms with Gasteiger partial charge in [0, 0.05) is 19.1 Å². The average molecular weight is 422 g/mol.